The van der Waals surface area contributed by atoms with Crippen molar-refractivity contribution in [1.82, 2.24) is 20.4 Å². The van der Waals surface area contributed by atoms with E-state index in [1.54, 1.807) is 11.6 Å². The van der Waals surface area contributed by atoms with E-state index in [4.69, 9.17) is 9.84 Å². The summed E-state index contributed by atoms with van der Waals surface area (Å²) in [6.07, 6.45) is -4.80. The molecule has 2 heterocycles. The lowest BCUT2D eigenvalue weighted by molar-refractivity contribution is -0.274. The summed E-state index contributed by atoms with van der Waals surface area (Å²) in [5.74, 6) is -0.228. The number of anilines is 1. The van der Waals surface area contributed by atoms with Gasteiger partial charge >= 0.3 is 12.4 Å². The molecule has 3 N–H and O–H groups in total. The van der Waals surface area contributed by atoms with Crippen LogP contribution in [-0.4, -0.2) is 48.5 Å². The van der Waals surface area contributed by atoms with Crippen molar-refractivity contribution in [2.24, 2.45) is 5.92 Å². The first-order valence-corrected chi connectivity index (χ1v) is 12.5. The van der Waals surface area contributed by atoms with Crippen LogP contribution >= 0.6 is 0 Å². The average Bonchev–Trinajstić information content (AvgIpc) is 3.20. The zero-order chi connectivity index (χ0) is 28.0. The fourth-order valence-electron chi connectivity index (χ4n) is 4.57. The van der Waals surface area contributed by atoms with Gasteiger partial charge in [-0.3, -0.25) is 5.32 Å². The van der Waals surface area contributed by atoms with Crippen LogP contribution in [0.25, 0.3) is 5.69 Å². The number of ether oxygens (including phenoxy) is 2. The van der Waals surface area contributed by atoms with Crippen molar-refractivity contribution in [2.45, 2.75) is 45.5 Å². The first-order chi connectivity index (χ1) is 18.6. The molecule has 0 radical (unpaired) electrons. The van der Waals surface area contributed by atoms with Gasteiger partial charge in [0.1, 0.15) is 17.7 Å². The molecule has 3 aromatic rings. The molecular formula is C27H31F4N5O3. The molecule has 8 nitrogen and oxygen atoms in total. The Kier molecular flexibility index (Phi) is 9.08. The van der Waals surface area contributed by atoms with Gasteiger partial charge in [-0.2, -0.15) is 5.10 Å². The molecule has 1 saturated heterocycles. The number of carbonyl (C=O) groups is 1. The first-order valence-electron chi connectivity index (χ1n) is 12.5. The molecule has 210 valence electrons. The number of hydrogen-bond acceptors (Lipinski definition) is 5. The molecule has 2 aromatic carbocycles. The van der Waals surface area contributed by atoms with Gasteiger partial charge in [0.15, 0.2) is 0 Å². The number of hydrogen-bond donors (Lipinski definition) is 3. The van der Waals surface area contributed by atoms with Gasteiger partial charge < -0.3 is 20.1 Å². The van der Waals surface area contributed by atoms with Crippen molar-refractivity contribution in [3.05, 3.63) is 70.9 Å². The van der Waals surface area contributed by atoms with E-state index >= 15 is 0 Å². The Hall–Kier alpha value is -3.64. The summed E-state index contributed by atoms with van der Waals surface area (Å²) >= 11 is 0. The van der Waals surface area contributed by atoms with Crippen LogP contribution in [0.2, 0.25) is 0 Å². The topological polar surface area (TPSA) is 89.4 Å². The number of urea groups is 1. The van der Waals surface area contributed by atoms with E-state index in [9.17, 15) is 22.4 Å². The molecule has 0 unspecified atom stereocenters. The van der Waals surface area contributed by atoms with E-state index in [1.807, 2.05) is 30.3 Å². The molecule has 39 heavy (non-hydrogen) atoms. The SMILES string of the molecule is COCc1ccc(OC(F)(F)F)c(CNC(=O)Nc2c(C)c(C[C@@H]3CCNC[C@H]3F)nn2-c2ccccc2)c1. The molecule has 12 heteroatoms. The number of benzene rings is 2. The highest BCUT2D eigenvalue weighted by Crippen LogP contribution is 2.29. The molecule has 1 aromatic heterocycles. The highest BCUT2D eigenvalue weighted by molar-refractivity contribution is 5.89. The number of piperidine rings is 1. The van der Waals surface area contributed by atoms with Gasteiger partial charge in [-0.15, -0.1) is 13.2 Å². The molecule has 1 aliphatic heterocycles. The Bertz CT molecular complexity index is 1270. The van der Waals surface area contributed by atoms with Gasteiger partial charge in [0.2, 0.25) is 0 Å². The van der Waals surface area contributed by atoms with E-state index in [0.717, 1.165) is 6.54 Å². The Morgan fingerprint density at radius 2 is 1.97 bits per heavy atom. The second-order valence-corrected chi connectivity index (χ2v) is 9.37. The number of rotatable bonds is 9. The minimum absolute atomic E-state index is 0.130. The number of aromatic nitrogens is 2. The molecule has 4 rings (SSSR count). The first kappa shape index (κ1) is 28.4. The maximum Gasteiger partial charge on any atom is 0.573 e. The lowest BCUT2D eigenvalue weighted by Crippen LogP contribution is -2.39. The Labute approximate surface area is 223 Å². The molecule has 2 amide bonds. The molecular weight excluding hydrogens is 518 g/mol. The van der Waals surface area contributed by atoms with E-state index in [-0.39, 0.29) is 24.6 Å². The molecule has 1 fully saturated rings. The second-order valence-electron chi connectivity index (χ2n) is 9.37. The van der Waals surface area contributed by atoms with Gasteiger partial charge in [0, 0.05) is 31.3 Å². The summed E-state index contributed by atoms with van der Waals surface area (Å²) in [5.41, 5.74) is 2.79. The fourth-order valence-corrected chi connectivity index (χ4v) is 4.57. The molecule has 0 spiro atoms. The van der Waals surface area contributed by atoms with Gasteiger partial charge in [-0.1, -0.05) is 24.3 Å². The van der Waals surface area contributed by atoms with Crippen LogP contribution in [0.5, 0.6) is 5.75 Å². The monoisotopic (exact) mass is 549 g/mol. The number of carbonyl (C=O) groups excluding carboxylic acids is 1. The number of amides is 2. The Balaban J connectivity index is 1.55. The van der Waals surface area contributed by atoms with Crippen LogP contribution in [0, 0.1) is 12.8 Å². The zero-order valence-corrected chi connectivity index (χ0v) is 21.6. The Morgan fingerprint density at radius 1 is 1.21 bits per heavy atom. The number of para-hydroxylation sites is 1. The largest absolute Gasteiger partial charge is 0.573 e. The van der Waals surface area contributed by atoms with Gasteiger partial charge in [0.25, 0.3) is 0 Å². The third kappa shape index (κ3) is 7.48. The third-order valence-electron chi connectivity index (χ3n) is 6.55. The molecule has 0 aliphatic carbocycles. The summed E-state index contributed by atoms with van der Waals surface area (Å²) < 4.78 is 64.0. The predicted molar refractivity (Wildman–Crippen MR) is 138 cm³/mol. The average molecular weight is 550 g/mol. The molecule has 1 aliphatic rings. The van der Waals surface area contributed by atoms with Crippen molar-refractivity contribution in [3.63, 3.8) is 0 Å². The number of halogens is 4. The maximum atomic E-state index is 14.5. The lowest BCUT2D eigenvalue weighted by atomic mass is 9.90. The van der Waals surface area contributed by atoms with E-state index in [1.165, 1.54) is 25.3 Å². The van der Waals surface area contributed by atoms with E-state index in [0.29, 0.717) is 47.7 Å². The Morgan fingerprint density at radius 3 is 2.67 bits per heavy atom. The number of alkyl halides is 4. The van der Waals surface area contributed by atoms with Crippen LogP contribution in [0.1, 0.15) is 28.8 Å². The number of nitrogens with zero attached hydrogens (tertiary/aromatic N) is 2. The summed E-state index contributed by atoms with van der Waals surface area (Å²) in [6, 6.07) is 12.6. The van der Waals surface area contributed by atoms with Crippen LogP contribution < -0.4 is 20.7 Å². The summed E-state index contributed by atoms with van der Waals surface area (Å²) in [6.45, 7) is 2.76. The van der Waals surface area contributed by atoms with Crippen LogP contribution in [-0.2, 0) is 24.3 Å². The summed E-state index contributed by atoms with van der Waals surface area (Å²) in [5, 5.41) is 13.1. The number of methoxy groups -OCH3 is 1. The van der Waals surface area contributed by atoms with Crippen molar-refractivity contribution in [3.8, 4) is 11.4 Å². The molecule has 2 atom stereocenters. The van der Waals surface area contributed by atoms with E-state index in [2.05, 4.69) is 20.7 Å². The van der Waals surface area contributed by atoms with Gasteiger partial charge in [-0.05, 0) is 62.1 Å². The van der Waals surface area contributed by atoms with Crippen LogP contribution in [0.3, 0.4) is 0 Å². The summed E-state index contributed by atoms with van der Waals surface area (Å²) in [7, 11) is 1.47. The standard InChI is InChI=1S/C27H31F4N5O3/c1-17-23(13-19-10-11-32-15-22(19)28)35-36(21-6-4-3-5-7-21)25(17)34-26(37)33-14-20-12-18(16-38-2)8-9-24(20)39-27(29,30)31/h3-9,12,19,22,32H,10-11,13-16H2,1-2H3,(H2,33,34,37)/t19-,22+/m0/s1. The van der Waals surface area contributed by atoms with Crippen molar-refractivity contribution in [1.29, 1.82) is 0 Å². The highest BCUT2D eigenvalue weighted by Gasteiger charge is 2.32. The lowest BCUT2D eigenvalue weighted by Gasteiger charge is -2.26. The minimum Gasteiger partial charge on any atom is -0.405 e. The highest BCUT2D eigenvalue weighted by atomic mass is 19.4. The normalized spacial score (nSPS) is 17.6. The number of nitrogens with one attached hydrogen (secondary N) is 3. The third-order valence-corrected chi connectivity index (χ3v) is 6.55. The zero-order valence-electron chi connectivity index (χ0n) is 21.6. The molecule has 0 saturated carbocycles. The fraction of sp³-hybridized carbons (Fsp3) is 0.407. The molecule has 0 bridgehead atoms. The quantitative estimate of drug-likeness (QED) is 0.326. The predicted octanol–water partition coefficient (Wildman–Crippen LogP) is 5.04. The summed E-state index contributed by atoms with van der Waals surface area (Å²) in [4.78, 5) is 13.0. The van der Waals surface area contributed by atoms with Crippen molar-refractivity contribution in [2.75, 3.05) is 25.5 Å². The second kappa shape index (κ2) is 12.5. The van der Waals surface area contributed by atoms with Gasteiger partial charge in [-0.25, -0.2) is 13.9 Å². The van der Waals surface area contributed by atoms with Crippen LogP contribution in [0.4, 0.5) is 28.2 Å². The smallest absolute Gasteiger partial charge is 0.405 e. The van der Waals surface area contributed by atoms with Gasteiger partial charge in [0.05, 0.1) is 18.0 Å². The maximum absolute atomic E-state index is 14.5. The van der Waals surface area contributed by atoms with Crippen molar-refractivity contribution < 1.29 is 31.8 Å². The minimum atomic E-state index is -4.89. The van der Waals surface area contributed by atoms with Crippen LogP contribution in [0.15, 0.2) is 48.5 Å². The van der Waals surface area contributed by atoms with E-state index < -0.39 is 24.3 Å². The van der Waals surface area contributed by atoms with Crippen molar-refractivity contribution >= 4 is 11.8 Å².